The Labute approximate surface area is 135 Å². The van der Waals surface area contributed by atoms with Crippen molar-refractivity contribution < 1.29 is 9.53 Å². The van der Waals surface area contributed by atoms with E-state index in [1.807, 2.05) is 20.9 Å². The lowest BCUT2D eigenvalue weighted by Gasteiger charge is -2.08. The molecule has 0 saturated heterocycles. The van der Waals surface area contributed by atoms with Crippen LogP contribution in [-0.4, -0.2) is 27.3 Å². The molecule has 2 N–H and O–H groups in total. The third kappa shape index (κ3) is 3.11. The van der Waals surface area contributed by atoms with Gasteiger partial charge in [0.1, 0.15) is 5.69 Å². The number of thiazole rings is 1. The number of fused-ring (bicyclic) bond motifs is 1. The summed E-state index contributed by atoms with van der Waals surface area (Å²) in [7, 11) is 1.83. The molecule has 7 nitrogen and oxygen atoms in total. The number of carbonyl (C=O) groups is 1. The molecule has 1 amide bonds. The molecule has 3 rings (SSSR count). The van der Waals surface area contributed by atoms with Crippen molar-refractivity contribution in [2.45, 2.75) is 13.8 Å². The summed E-state index contributed by atoms with van der Waals surface area (Å²) in [5.74, 6) is 0.358. The van der Waals surface area contributed by atoms with Crippen LogP contribution in [0.15, 0.2) is 23.0 Å². The van der Waals surface area contributed by atoms with Crippen LogP contribution >= 0.6 is 11.3 Å². The fraction of sp³-hybridized carbons (Fsp3) is 0.267. The number of aromatic amines is 1. The predicted octanol–water partition coefficient (Wildman–Crippen LogP) is 1.96. The molecule has 3 aromatic rings. The van der Waals surface area contributed by atoms with Crippen molar-refractivity contribution in [1.29, 1.82) is 0 Å². The van der Waals surface area contributed by atoms with E-state index in [4.69, 9.17) is 4.74 Å². The Morgan fingerprint density at radius 3 is 2.91 bits per heavy atom. The quantitative estimate of drug-likeness (QED) is 0.764. The lowest BCUT2D eigenvalue weighted by atomic mass is 10.3. The van der Waals surface area contributed by atoms with Crippen molar-refractivity contribution >= 4 is 33.1 Å². The van der Waals surface area contributed by atoms with Crippen LogP contribution in [0, 0.1) is 13.8 Å². The van der Waals surface area contributed by atoms with Gasteiger partial charge >= 0.3 is 4.87 Å². The van der Waals surface area contributed by atoms with Crippen LogP contribution in [0.4, 0.5) is 5.69 Å². The number of nitrogens with one attached hydrogen (secondary N) is 2. The SMILES string of the molecule is Cc1nn(C)c(C)c1OCC(=O)Nc1ccc2[nH]c(=O)sc2c1. The molecule has 0 radical (unpaired) electrons. The number of anilines is 1. The highest BCUT2D eigenvalue weighted by atomic mass is 32.1. The van der Waals surface area contributed by atoms with Gasteiger partial charge in [-0.3, -0.25) is 14.3 Å². The van der Waals surface area contributed by atoms with E-state index in [0.717, 1.165) is 32.9 Å². The third-order valence-corrected chi connectivity index (χ3v) is 4.34. The maximum absolute atomic E-state index is 12.0. The lowest BCUT2D eigenvalue weighted by molar-refractivity contribution is -0.118. The summed E-state index contributed by atoms with van der Waals surface area (Å²) in [6.07, 6.45) is 0. The molecule has 120 valence electrons. The summed E-state index contributed by atoms with van der Waals surface area (Å²) < 4.78 is 8.08. The zero-order valence-electron chi connectivity index (χ0n) is 13.0. The molecule has 1 aromatic carbocycles. The van der Waals surface area contributed by atoms with Crippen molar-refractivity contribution in [1.82, 2.24) is 14.8 Å². The lowest BCUT2D eigenvalue weighted by Crippen LogP contribution is -2.20. The standard InChI is InChI=1S/C15H16N4O3S/c1-8-14(9(2)19(3)18-8)22-7-13(20)16-10-4-5-11-12(6-10)23-15(21)17-11/h4-6H,7H2,1-3H3,(H,16,20)(H,17,21). The van der Waals surface area contributed by atoms with Crippen molar-refractivity contribution in [3.05, 3.63) is 39.3 Å². The highest BCUT2D eigenvalue weighted by molar-refractivity contribution is 7.16. The Hall–Kier alpha value is -2.61. The number of hydrogen-bond donors (Lipinski definition) is 2. The van der Waals surface area contributed by atoms with Crippen molar-refractivity contribution in [2.24, 2.45) is 7.05 Å². The molecule has 0 aliphatic carbocycles. The molecule has 8 heteroatoms. The van der Waals surface area contributed by atoms with Crippen LogP contribution in [0.3, 0.4) is 0 Å². The van der Waals surface area contributed by atoms with Gasteiger partial charge in [0.05, 0.1) is 15.9 Å². The van der Waals surface area contributed by atoms with Gasteiger partial charge < -0.3 is 15.0 Å². The maximum Gasteiger partial charge on any atom is 0.305 e. The summed E-state index contributed by atoms with van der Waals surface area (Å²) >= 11 is 1.11. The minimum absolute atomic E-state index is 0.102. The predicted molar refractivity (Wildman–Crippen MR) is 89.3 cm³/mol. The van der Waals surface area contributed by atoms with Crippen LogP contribution in [0.25, 0.3) is 10.2 Å². The summed E-state index contributed by atoms with van der Waals surface area (Å²) in [6.45, 7) is 3.62. The first-order valence-electron chi connectivity index (χ1n) is 7.00. The number of amides is 1. The monoisotopic (exact) mass is 332 g/mol. The number of benzene rings is 1. The van der Waals surface area contributed by atoms with E-state index in [2.05, 4.69) is 15.4 Å². The highest BCUT2D eigenvalue weighted by Crippen LogP contribution is 2.22. The molecule has 0 aliphatic heterocycles. The van der Waals surface area contributed by atoms with Gasteiger partial charge in [-0.05, 0) is 32.0 Å². The average molecular weight is 332 g/mol. The molecule has 0 spiro atoms. The van der Waals surface area contributed by atoms with E-state index in [0.29, 0.717) is 11.4 Å². The summed E-state index contributed by atoms with van der Waals surface area (Å²) in [5, 5.41) is 7.00. The molecule has 2 aromatic heterocycles. The third-order valence-electron chi connectivity index (χ3n) is 3.49. The van der Waals surface area contributed by atoms with Gasteiger partial charge in [-0.2, -0.15) is 5.10 Å². The molecule has 0 atom stereocenters. The van der Waals surface area contributed by atoms with Crippen molar-refractivity contribution in [3.63, 3.8) is 0 Å². The van der Waals surface area contributed by atoms with Gasteiger partial charge in [-0.25, -0.2) is 0 Å². The van der Waals surface area contributed by atoms with E-state index >= 15 is 0 Å². The molecule has 0 saturated carbocycles. The number of aryl methyl sites for hydroxylation is 2. The number of aromatic nitrogens is 3. The van der Waals surface area contributed by atoms with Crippen LogP contribution in [0.1, 0.15) is 11.4 Å². The van der Waals surface area contributed by atoms with E-state index in [9.17, 15) is 9.59 Å². The minimum Gasteiger partial charge on any atom is -0.480 e. The van der Waals surface area contributed by atoms with Crippen LogP contribution in [-0.2, 0) is 11.8 Å². The largest absolute Gasteiger partial charge is 0.480 e. The average Bonchev–Trinajstić information content (AvgIpc) is 2.96. The summed E-state index contributed by atoms with van der Waals surface area (Å²) in [5.41, 5.74) is 3.00. The number of carbonyl (C=O) groups excluding carboxylic acids is 1. The molecule has 0 fully saturated rings. The van der Waals surface area contributed by atoms with Gasteiger partial charge in [0.25, 0.3) is 5.91 Å². The van der Waals surface area contributed by atoms with Gasteiger partial charge in [-0.1, -0.05) is 11.3 Å². The minimum atomic E-state index is -0.269. The maximum atomic E-state index is 12.0. The Morgan fingerprint density at radius 1 is 1.43 bits per heavy atom. The summed E-state index contributed by atoms with van der Waals surface area (Å²) in [4.78, 5) is 25.9. The second-order valence-electron chi connectivity index (χ2n) is 5.19. The number of rotatable bonds is 4. The molecule has 2 heterocycles. The molecule has 0 aliphatic rings. The topological polar surface area (TPSA) is 89.0 Å². The van der Waals surface area contributed by atoms with Gasteiger partial charge in [0.2, 0.25) is 0 Å². The van der Waals surface area contributed by atoms with Crippen LogP contribution in [0.2, 0.25) is 0 Å². The number of nitrogens with zero attached hydrogens (tertiary/aromatic N) is 2. The van der Waals surface area contributed by atoms with Crippen LogP contribution < -0.4 is 14.9 Å². The smallest absolute Gasteiger partial charge is 0.305 e. The van der Waals surface area contributed by atoms with Crippen LogP contribution in [0.5, 0.6) is 5.75 Å². The number of hydrogen-bond acceptors (Lipinski definition) is 5. The normalized spacial score (nSPS) is 10.9. The fourth-order valence-electron chi connectivity index (χ4n) is 2.32. The molecular weight excluding hydrogens is 316 g/mol. The number of ether oxygens (including phenoxy) is 1. The van der Waals surface area contributed by atoms with Crippen molar-refractivity contribution in [3.8, 4) is 5.75 Å². The molecule has 0 unspecified atom stereocenters. The number of H-pyrrole nitrogens is 1. The van der Waals surface area contributed by atoms with Gasteiger partial charge in [-0.15, -0.1) is 0 Å². The molecule has 0 bridgehead atoms. The fourth-order valence-corrected chi connectivity index (χ4v) is 3.10. The van der Waals surface area contributed by atoms with Gasteiger partial charge in [0, 0.05) is 12.7 Å². The first kappa shape index (κ1) is 15.3. The second kappa shape index (κ2) is 5.88. The van der Waals surface area contributed by atoms with Crippen molar-refractivity contribution in [2.75, 3.05) is 11.9 Å². The van der Waals surface area contributed by atoms with E-state index in [1.165, 1.54) is 0 Å². The van der Waals surface area contributed by atoms with E-state index < -0.39 is 0 Å². The van der Waals surface area contributed by atoms with Gasteiger partial charge in [0.15, 0.2) is 12.4 Å². The zero-order chi connectivity index (χ0) is 16.6. The first-order valence-corrected chi connectivity index (χ1v) is 7.81. The van der Waals surface area contributed by atoms with E-state index in [1.54, 1.807) is 22.9 Å². The molecular formula is C15H16N4O3S. The Morgan fingerprint density at radius 2 is 2.22 bits per heavy atom. The van der Waals surface area contributed by atoms with E-state index in [-0.39, 0.29) is 17.4 Å². The Kier molecular flexibility index (Phi) is 3.91. The zero-order valence-corrected chi connectivity index (χ0v) is 13.8. The highest BCUT2D eigenvalue weighted by Gasteiger charge is 2.13. The second-order valence-corrected chi connectivity index (χ2v) is 6.20. The Balaban J connectivity index is 1.67. The summed E-state index contributed by atoms with van der Waals surface area (Å²) in [6, 6.07) is 5.26. The first-order chi connectivity index (χ1) is 10.9. The molecule has 23 heavy (non-hydrogen) atoms. The Bertz CT molecular complexity index is 938.